The number of hydrogen-bond donors (Lipinski definition) is 3. The van der Waals surface area contributed by atoms with Gasteiger partial charge >= 0.3 is 0 Å². The maximum atomic E-state index is 12.2. The van der Waals surface area contributed by atoms with Crippen LogP contribution in [0.1, 0.15) is 45.4 Å². The third-order valence-corrected chi connectivity index (χ3v) is 6.74. The second-order valence-electron chi connectivity index (χ2n) is 9.79. The molecule has 0 radical (unpaired) electrons. The van der Waals surface area contributed by atoms with Crippen LogP contribution in [0.3, 0.4) is 0 Å². The van der Waals surface area contributed by atoms with Gasteiger partial charge in [0, 0.05) is 42.7 Å². The number of nitrogen functional groups attached to an aromatic ring is 2. The van der Waals surface area contributed by atoms with Gasteiger partial charge in [-0.25, -0.2) is 4.98 Å². The molecule has 1 aromatic carbocycles. The molecule has 1 aliphatic rings. The highest BCUT2D eigenvalue weighted by atomic mass is 16.5. The van der Waals surface area contributed by atoms with Crippen molar-refractivity contribution in [1.82, 2.24) is 15.2 Å². The smallest absolute Gasteiger partial charge is 0.253 e. The Morgan fingerprint density at radius 2 is 1.71 bits per heavy atom. The summed E-state index contributed by atoms with van der Waals surface area (Å²) in [5, 5.41) is 3.87. The third-order valence-electron chi connectivity index (χ3n) is 6.74. The molecule has 3 rings (SSSR count). The molecular weight excluding hydrogens is 524 g/mol. The Kier molecular flexibility index (Phi) is 12.6. The Morgan fingerprint density at radius 1 is 1.00 bits per heavy atom. The average Bonchev–Trinajstić information content (AvgIpc) is 3.28. The molecule has 11 nitrogen and oxygen atoms in total. The van der Waals surface area contributed by atoms with Gasteiger partial charge in [0.05, 0.1) is 49.9 Å². The number of carbonyl (C=O) groups excluding carboxylic acids is 3. The number of benzene rings is 1. The van der Waals surface area contributed by atoms with E-state index in [1.807, 2.05) is 24.3 Å². The number of nitrogens with zero attached hydrogens (tertiary/aromatic N) is 3. The number of allylic oxidation sites excluding steroid dienone is 1. The van der Waals surface area contributed by atoms with Gasteiger partial charge in [-0.1, -0.05) is 38.1 Å². The van der Waals surface area contributed by atoms with Crippen molar-refractivity contribution in [3.63, 3.8) is 0 Å². The summed E-state index contributed by atoms with van der Waals surface area (Å²) in [7, 11) is 0. The molecule has 0 atom stereocenters. The first-order valence-corrected chi connectivity index (χ1v) is 14.2. The Labute approximate surface area is 241 Å². The molecule has 222 valence electrons. The molecule has 0 fully saturated rings. The molecular formula is C30H42N6O5. The van der Waals surface area contributed by atoms with Gasteiger partial charge < -0.3 is 31.2 Å². The standard InChI is InChI=1S/C30H42N6O5/c1-3-4-9-22(2)35(29-23-10-5-6-11-24(23)34-30(32)28(29)31)16-8-7-15-33-25(37)14-18-40-20-21-41-19-17-36-26(38)12-13-27(36)39/h5-6,10-13H,2-4,7-9,14-21,31H2,1H3,(H2,32,34)(H,33,37). The fourth-order valence-corrected chi connectivity index (χ4v) is 4.47. The highest BCUT2D eigenvalue weighted by Crippen LogP contribution is 2.37. The summed E-state index contributed by atoms with van der Waals surface area (Å²) in [5.41, 5.74) is 15.7. The monoisotopic (exact) mass is 566 g/mol. The van der Waals surface area contributed by atoms with E-state index in [4.69, 9.17) is 20.9 Å². The minimum absolute atomic E-state index is 0.0779. The van der Waals surface area contributed by atoms with E-state index < -0.39 is 0 Å². The fourth-order valence-electron chi connectivity index (χ4n) is 4.47. The van der Waals surface area contributed by atoms with Crippen molar-refractivity contribution in [2.75, 3.05) is 62.4 Å². The molecule has 0 aliphatic carbocycles. The van der Waals surface area contributed by atoms with Gasteiger partial charge in [0.1, 0.15) is 5.82 Å². The van der Waals surface area contributed by atoms with Crippen LogP contribution < -0.4 is 21.7 Å². The molecule has 0 saturated carbocycles. The number of imide groups is 1. The highest BCUT2D eigenvalue weighted by molar-refractivity contribution is 6.12. The molecule has 5 N–H and O–H groups in total. The number of pyridine rings is 1. The number of hydrogen-bond acceptors (Lipinski definition) is 9. The summed E-state index contributed by atoms with van der Waals surface area (Å²) in [6.07, 6.45) is 7.28. The van der Waals surface area contributed by atoms with Crippen LogP contribution >= 0.6 is 0 Å². The van der Waals surface area contributed by atoms with Crippen molar-refractivity contribution < 1.29 is 23.9 Å². The van der Waals surface area contributed by atoms with Gasteiger partial charge in [0.2, 0.25) is 5.91 Å². The molecule has 2 heterocycles. The second-order valence-corrected chi connectivity index (χ2v) is 9.79. The van der Waals surface area contributed by atoms with E-state index >= 15 is 0 Å². The molecule has 1 aliphatic heterocycles. The van der Waals surface area contributed by atoms with E-state index in [-0.39, 0.29) is 43.9 Å². The lowest BCUT2D eigenvalue weighted by atomic mass is 10.1. The zero-order valence-electron chi connectivity index (χ0n) is 23.9. The van der Waals surface area contributed by atoms with E-state index in [1.165, 1.54) is 12.2 Å². The first kappa shape index (κ1) is 31.6. The van der Waals surface area contributed by atoms with Crippen molar-refractivity contribution in [3.8, 4) is 0 Å². The molecule has 0 unspecified atom stereocenters. The maximum absolute atomic E-state index is 12.2. The number of ether oxygens (including phenoxy) is 2. The third kappa shape index (κ3) is 9.29. The van der Waals surface area contributed by atoms with Crippen molar-refractivity contribution in [3.05, 3.63) is 48.7 Å². The van der Waals surface area contributed by atoms with Gasteiger partial charge in [-0.05, 0) is 31.7 Å². The maximum Gasteiger partial charge on any atom is 0.253 e. The Balaban J connectivity index is 1.35. The van der Waals surface area contributed by atoms with Crippen LogP contribution in [-0.4, -0.2) is 73.7 Å². The van der Waals surface area contributed by atoms with E-state index in [0.29, 0.717) is 37.8 Å². The quantitative estimate of drug-likeness (QED) is 0.172. The highest BCUT2D eigenvalue weighted by Gasteiger charge is 2.22. The van der Waals surface area contributed by atoms with Crippen molar-refractivity contribution in [1.29, 1.82) is 0 Å². The first-order chi connectivity index (χ1) is 19.8. The number of rotatable bonds is 19. The molecule has 1 aromatic heterocycles. The molecule has 0 spiro atoms. The lowest BCUT2D eigenvalue weighted by Gasteiger charge is -2.30. The van der Waals surface area contributed by atoms with Crippen molar-refractivity contribution >= 4 is 45.8 Å². The summed E-state index contributed by atoms with van der Waals surface area (Å²) >= 11 is 0. The predicted octanol–water partition coefficient (Wildman–Crippen LogP) is 3.15. The first-order valence-electron chi connectivity index (χ1n) is 14.2. The van der Waals surface area contributed by atoms with Crippen LogP contribution in [0.25, 0.3) is 10.9 Å². The zero-order chi connectivity index (χ0) is 29.6. The molecule has 2 aromatic rings. The van der Waals surface area contributed by atoms with Crippen molar-refractivity contribution in [2.24, 2.45) is 0 Å². The summed E-state index contributed by atoms with van der Waals surface area (Å²) in [5.74, 6) is -0.424. The van der Waals surface area contributed by atoms with E-state index in [0.717, 1.165) is 59.3 Å². The minimum atomic E-state index is -0.326. The SMILES string of the molecule is C=C(CCCC)N(CCCCNC(=O)CCOCCOCCN1C(=O)C=CC1=O)c1c(N)c(N)nc2ccccc12. The number of nitrogens with two attached hydrogens (primary N) is 2. The Bertz CT molecular complexity index is 1230. The number of anilines is 3. The Hall–Kier alpha value is -3.96. The van der Waals surface area contributed by atoms with Crippen molar-refractivity contribution in [2.45, 2.75) is 45.4 Å². The number of para-hydroxylation sites is 1. The molecule has 41 heavy (non-hydrogen) atoms. The number of amides is 3. The van der Waals surface area contributed by atoms with Crippen LogP contribution in [0.15, 0.2) is 48.7 Å². The second kappa shape index (κ2) is 16.3. The predicted molar refractivity (Wildman–Crippen MR) is 161 cm³/mol. The lowest BCUT2D eigenvalue weighted by Crippen LogP contribution is -2.33. The molecule has 11 heteroatoms. The molecule has 0 bridgehead atoms. The van der Waals surface area contributed by atoms with E-state index in [9.17, 15) is 14.4 Å². The van der Waals surface area contributed by atoms with Gasteiger partial charge in [-0.15, -0.1) is 0 Å². The number of nitrogens with one attached hydrogen (secondary N) is 1. The molecule has 3 amide bonds. The number of fused-ring (bicyclic) bond motifs is 1. The van der Waals surface area contributed by atoms with Crippen LogP contribution in [-0.2, 0) is 23.9 Å². The lowest BCUT2D eigenvalue weighted by molar-refractivity contribution is -0.137. The van der Waals surface area contributed by atoms with Gasteiger partial charge in [0.25, 0.3) is 11.8 Å². The van der Waals surface area contributed by atoms with Gasteiger partial charge in [-0.2, -0.15) is 0 Å². The van der Waals surface area contributed by atoms with E-state index in [2.05, 4.69) is 28.7 Å². The Morgan fingerprint density at radius 3 is 2.44 bits per heavy atom. The number of unbranched alkanes of at least 4 members (excludes halogenated alkanes) is 2. The largest absolute Gasteiger partial charge is 0.394 e. The van der Waals surface area contributed by atoms with Crippen LogP contribution in [0.5, 0.6) is 0 Å². The van der Waals surface area contributed by atoms with Crippen LogP contribution in [0.4, 0.5) is 17.2 Å². The van der Waals surface area contributed by atoms with Gasteiger partial charge in [-0.3, -0.25) is 19.3 Å². The number of carbonyl (C=O) groups is 3. The fraction of sp³-hybridized carbons (Fsp3) is 0.467. The van der Waals surface area contributed by atoms with Crippen LogP contribution in [0.2, 0.25) is 0 Å². The summed E-state index contributed by atoms with van der Waals surface area (Å²) < 4.78 is 10.8. The zero-order valence-corrected chi connectivity index (χ0v) is 23.9. The normalized spacial score (nSPS) is 12.9. The summed E-state index contributed by atoms with van der Waals surface area (Å²) in [6, 6.07) is 7.81. The van der Waals surface area contributed by atoms with Gasteiger partial charge in [0.15, 0.2) is 0 Å². The minimum Gasteiger partial charge on any atom is -0.394 e. The average molecular weight is 567 g/mol. The van der Waals surface area contributed by atoms with Crippen LogP contribution in [0, 0.1) is 0 Å². The summed E-state index contributed by atoms with van der Waals surface area (Å²) in [6.45, 7) is 9.10. The van der Waals surface area contributed by atoms with E-state index in [1.54, 1.807) is 0 Å². The molecule has 0 saturated heterocycles. The topological polar surface area (TPSA) is 153 Å². The summed E-state index contributed by atoms with van der Waals surface area (Å²) in [4.78, 5) is 42.9. The number of aromatic nitrogens is 1.